The van der Waals surface area contributed by atoms with Crippen LogP contribution < -0.4 is 11.1 Å². The van der Waals surface area contributed by atoms with Gasteiger partial charge in [0.05, 0.1) is 22.8 Å². The number of nitrogens with two attached hydrogens (primary N) is 1. The lowest BCUT2D eigenvalue weighted by atomic mass is 10.1. The first-order chi connectivity index (χ1) is 13.1. The Bertz CT molecular complexity index is 970. The van der Waals surface area contributed by atoms with Crippen molar-refractivity contribution < 1.29 is 4.79 Å². The first-order valence-corrected chi connectivity index (χ1v) is 9.53. The highest BCUT2D eigenvalue weighted by Gasteiger charge is 2.32. The molecule has 1 aromatic carbocycles. The van der Waals surface area contributed by atoms with Gasteiger partial charge in [-0.3, -0.25) is 4.79 Å². The molecule has 3 aromatic rings. The summed E-state index contributed by atoms with van der Waals surface area (Å²) in [6, 6.07) is 11.9. The second-order valence-electron chi connectivity index (χ2n) is 7.49. The SMILES string of the molecule is CC(C)n1ncc2c(C(=O)NC(CN)C3CC3)cc(-c3ccccc3)nc21.Cl.Cl. The number of benzene rings is 1. The normalized spacial score (nSPS) is 14.2. The molecule has 0 radical (unpaired) electrons. The molecule has 1 saturated carbocycles. The van der Waals surface area contributed by atoms with Crippen LogP contribution >= 0.6 is 24.8 Å². The molecule has 1 aliphatic carbocycles. The summed E-state index contributed by atoms with van der Waals surface area (Å²) >= 11 is 0. The fourth-order valence-electron chi connectivity index (χ4n) is 3.45. The van der Waals surface area contributed by atoms with Gasteiger partial charge in [-0.25, -0.2) is 9.67 Å². The molecule has 0 aliphatic heterocycles. The summed E-state index contributed by atoms with van der Waals surface area (Å²) in [7, 11) is 0. The van der Waals surface area contributed by atoms with Crippen molar-refractivity contribution >= 4 is 41.8 Å². The molecule has 2 aromatic heterocycles. The zero-order valence-electron chi connectivity index (χ0n) is 16.5. The van der Waals surface area contributed by atoms with E-state index in [4.69, 9.17) is 10.7 Å². The Hall–Kier alpha value is -2.15. The van der Waals surface area contributed by atoms with Crippen LogP contribution in [0.4, 0.5) is 0 Å². The summed E-state index contributed by atoms with van der Waals surface area (Å²) in [5, 5.41) is 8.37. The Balaban J connectivity index is 0.00000150. The van der Waals surface area contributed by atoms with Gasteiger partial charge in [0.15, 0.2) is 5.65 Å². The van der Waals surface area contributed by atoms with Crippen LogP contribution in [-0.2, 0) is 0 Å². The molecule has 0 spiro atoms. The minimum Gasteiger partial charge on any atom is -0.348 e. The molecule has 1 aliphatic rings. The van der Waals surface area contributed by atoms with E-state index in [9.17, 15) is 4.79 Å². The van der Waals surface area contributed by atoms with E-state index in [1.807, 2.05) is 41.1 Å². The molecule has 29 heavy (non-hydrogen) atoms. The van der Waals surface area contributed by atoms with E-state index in [2.05, 4.69) is 24.3 Å². The Morgan fingerprint density at radius 2 is 1.93 bits per heavy atom. The van der Waals surface area contributed by atoms with Crippen LogP contribution in [0.15, 0.2) is 42.6 Å². The summed E-state index contributed by atoms with van der Waals surface area (Å²) in [6.45, 7) is 4.57. The first-order valence-electron chi connectivity index (χ1n) is 9.53. The van der Waals surface area contributed by atoms with Crippen LogP contribution in [0.5, 0.6) is 0 Å². The fraction of sp³-hybridized carbons (Fsp3) is 0.381. The Morgan fingerprint density at radius 1 is 1.24 bits per heavy atom. The number of pyridine rings is 1. The molecule has 1 fully saturated rings. The van der Waals surface area contributed by atoms with Crippen LogP contribution in [0, 0.1) is 5.92 Å². The van der Waals surface area contributed by atoms with Crippen molar-refractivity contribution in [1.29, 1.82) is 0 Å². The summed E-state index contributed by atoms with van der Waals surface area (Å²) in [6.07, 6.45) is 4.00. The summed E-state index contributed by atoms with van der Waals surface area (Å²) in [5.74, 6) is 0.397. The van der Waals surface area contributed by atoms with Crippen molar-refractivity contribution in [3.05, 3.63) is 48.2 Å². The van der Waals surface area contributed by atoms with Crippen molar-refractivity contribution in [2.45, 2.75) is 38.8 Å². The van der Waals surface area contributed by atoms with Crippen molar-refractivity contribution in [3.8, 4) is 11.3 Å². The maximum atomic E-state index is 13.1. The second kappa shape index (κ2) is 9.57. The number of aromatic nitrogens is 3. The molecule has 3 N–H and O–H groups in total. The van der Waals surface area contributed by atoms with E-state index in [0.29, 0.717) is 18.0 Å². The molecule has 6 nitrogen and oxygen atoms in total. The molecule has 1 atom stereocenters. The van der Waals surface area contributed by atoms with E-state index in [0.717, 1.165) is 35.1 Å². The van der Waals surface area contributed by atoms with E-state index in [1.165, 1.54) is 0 Å². The molecule has 0 saturated heterocycles. The number of amides is 1. The largest absolute Gasteiger partial charge is 0.348 e. The zero-order valence-corrected chi connectivity index (χ0v) is 18.2. The number of rotatable bonds is 6. The van der Waals surface area contributed by atoms with Crippen molar-refractivity contribution in [2.75, 3.05) is 6.54 Å². The standard InChI is InChI=1S/C21H25N5O.2ClH/c1-13(2)26-20-17(12-23-26)16(21(27)25-19(11-22)15-8-9-15)10-18(24-20)14-6-4-3-5-7-14;;/h3-7,10,12-13,15,19H,8-9,11,22H2,1-2H3,(H,25,27);2*1H. The fourth-order valence-corrected chi connectivity index (χ4v) is 3.45. The van der Waals surface area contributed by atoms with Gasteiger partial charge in [-0.15, -0.1) is 24.8 Å². The van der Waals surface area contributed by atoms with Crippen molar-refractivity contribution in [1.82, 2.24) is 20.1 Å². The number of hydrogen-bond donors (Lipinski definition) is 2. The smallest absolute Gasteiger partial charge is 0.252 e. The molecule has 1 amide bonds. The van der Waals surface area contributed by atoms with Gasteiger partial charge in [0.25, 0.3) is 5.91 Å². The highest BCUT2D eigenvalue weighted by Crippen LogP contribution is 2.33. The van der Waals surface area contributed by atoms with Gasteiger partial charge >= 0.3 is 0 Å². The summed E-state index contributed by atoms with van der Waals surface area (Å²) < 4.78 is 1.86. The predicted molar refractivity (Wildman–Crippen MR) is 121 cm³/mol. The number of carbonyl (C=O) groups excluding carboxylic acids is 1. The van der Waals surface area contributed by atoms with Crippen molar-refractivity contribution in [3.63, 3.8) is 0 Å². The molecule has 4 rings (SSSR count). The molecule has 0 bridgehead atoms. The van der Waals surface area contributed by atoms with Gasteiger partial charge < -0.3 is 11.1 Å². The number of nitrogens with one attached hydrogen (secondary N) is 1. The van der Waals surface area contributed by atoms with E-state index < -0.39 is 0 Å². The van der Waals surface area contributed by atoms with Crippen LogP contribution in [0.25, 0.3) is 22.3 Å². The topological polar surface area (TPSA) is 85.8 Å². The molecule has 2 heterocycles. The number of nitrogens with zero attached hydrogens (tertiary/aromatic N) is 3. The highest BCUT2D eigenvalue weighted by molar-refractivity contribution is 6.06. The number of fused-ring (bicyclic) bond motifs is 1. The number of halogens is 2. The number of carbonyl (C=O) groups is 1. The van der Waals surface area contributed by atoms with Gasteiger partial charge in [-0.1, -0.05) is 30.3 Å². The Morgan fingerprint density at radius 3 is 2.52 bits per heavy atom. The number of hydrogen-bond acceptors (Lipinski definition) is 4. The average molecular weight is 436 g/mol. The lowest BCUT2D eigenvalue weighted by Gasteiger charge is -2.17. The van der Waals surface area contributed by atoms with Gasteiger partial charge in [-0.05, 0) is 38.7 Å². The lowest BCUT2D eigenvalue weighted by molar-refractivity contribution is 0.0935. The second-order valence-corrected chi connectivity index (χ2v) is 7.49. The molecule has 156 valence electrons. The molecule has 8 heteroatoms. The minimum atomic E-state index is -0.106. The van der Waals surface area contributed by atoms with E-state index >= 15 is 0 Å². The third kappa shape index (κ3) is 4.71. The third-order valence-electron chi connectivity index (χ3n) is 5.13. The van der Waals surface area contributed by atoms with Crippen LogP contribution in [0.1, 0.15) is 43.1 Å². The third-order valence-corrected chi connectivity index (χ3v) is 5.13. The molecular weight excluding hydrogens is 409 g/mol. The van der Waals surface area contributed by atoms with Gasteiger partial charge in [0.1, 0.15) is 0 Å². The van der Waals surface area contributed by atoms with E-state index in [1.54, 1.807) is 6.20 Å². The average Bonchev–Trinajstić information content (AvgIpc) is 3.43. The zero-order chi connectivity index (χ0) is 19.0. The minimum absolute atomic E-state index is 0. The Kier molecular flexibility index (Phi) is 7.63. The monoisotopic (exact) mass is 435 g/mol. The van der Waals surface area contributed by atoms with Gasteiger partial charge in [-0.2, -0.15) is 5.10 Å². The molecular formula is C21H27Cl2N5O. The van der Waals surface area contributed by atoms with Crippen LogP contribution in [0.3, 0.4) is 0 Å². The van der Waals surface area contributed by atoms with Crippen LogP contribution in [0.2, 0.25) is 0 Å². The maximum Gasteiger partial charge on any atom is 0.252 e. The van der Waals surface area contributed by atoms with Crippen molar-refractivity contribution in [2.24, 2.45) is 11.7 Å². The Labute approximate surface area is 183 Å². The maximum absolute atomic E-state index is 13.1. The highest BCUT2D eigenvalue weighted by atomic mass is 35.5. The first kappa shape index (κ1) is 23.1. The summed E-state index contributed by atoms with van der Waals surface area (Å²) in [5.41, 5.74) is 8.95. The molecule has 1 unspecified atom stereocenters. The predicted octanol–water partition coefficient (Wildman–Crippen LogP) is 3.99. The van der Waals surface area contributed by atoms with E-state index in [-0.39, 0.29) is 42.8 Å². The lowest BCUT2D eigenvalue weighted by Crippen LogP contribution is -2.41. The quantitative estimate of drug-likeness (QED) is 0.612. The van der Waals surface area contributed by atoms with Crippen LogP contribution in [-0.4, -0.2) is 33.3 Å². The summed E-state index contributed by atoms with van der Waals surface area (Å²) in [4.78, 5) is 17.9. The van der Waals surface area contributed by atoms with Gasteiger partial charge in [0.2, 0.25) is 0 Å². The van der Waals surface area contributed by atoms with Gasteiger partial charge in [0, 0.05) is 24.2 Å².